The zero-order valence-electron chi connectivity index (χ0n) is 23.4. The molecule has 0 aliphatic carbocycles. The van der Waals surface area contributed by atoms with Crippen LogP contribution in [0.2, 0.25) is 0 Å². The van der Waals surface area contributed by atoms with Crippen molar-refractivity contribution in [1.29, 1.82) is 0 Å². The minimum atomic E-state index is -3.36. The van der Waals surface area contributed by atoms with Gasteiger partial charge in [-0.2, -0.15) is 0 Å². The van der Waals surface area contributed by atoms with Gasteiger partial charge in [0.05, 0.1) is 11.4 Å². The van der Waals surface area contributed by atoms with E-state index in [9.17, 15) is 33.0 Å². The van der Waals surface area contributed by atoms with E-state index in [0.29, 0.717) is 18.5 Å². The molecule has 0 bridgehead atoms. The van der Waals surface area contributed by atoms with Crippen molar-refractivity contribution in [1.82, 2.24) is 5.32 Å². The van der Waals surface area contributed by atoms with Gasteiger partial charge < -0.3 is 25.2 Å². The van der Waals surface area contributed by atoms with Gasteiger partial charge in [-0.1, -0.05) is 32.0 Å². The van der Waals surface area contributed by atoms with Crippen molar-refractivity contribution in [2.45, 2.75) is 96.1 Å². The highest BCUT2D eigenvalue weighted by Crippen LogP contribution is 2.34. The van der Waals surface area contributed by atoms with Crippen molar-refractivity contribution in [3.63, 3.8) is 0 Å². The number of benzene rings is 1. The molecule has 1 aliphatic heterocycles. The van der Waals surface area contributed by atoms with E-state index in [-0.39, 0.29) is 31.7 Å². The van der Waals surface area contributed by atoms with Crippen LogP contribution in [0.4, 0.5) is 10.5 Å². The molecule has 0 aromatic heterocycles. The summed E-state index contributed by atoms with van der Waals surface area (Å²) in [4.78, 5) is 39.0. The molecule has 0 radical (unpaired) electrons. The Kier molecular flexibility index (Phi) is 9.64. The third-order valence-electron chi connectivity index (χ3n) is 6.70. The van der Waals surface area contributed by atoms with Crippen LogP contribution in [0.15, 0.2) is 24.3 Å². The molecule has 0 saturated heterocycles. The van der Waals surface area contributed by atoms with Gasteiger partial charge in [0.25, 0.3) is 0 Å². The number of fused-ring (bicyclic) bond motifs is 1. The van der Waals surface area contributed by atoms with E-state index in [1.54, 1.807) is 20.8 Å². The minimum Gasteiger partial charge on any atom is -0.480 e. The number of sulfone groups is 1. The number of para-hydroxylation sites is 1. The van der Waals surface area contributed by atoms with Crippen molar-refractivity contribution in [3.05, 3.63) is 29.8 Å². The summed E-state index contributed by atoms with van der Waals surface area (Å²) < 4.78 is 29.7. The van der Waals surface area contributed by atoms with Crippen LogP contribution in [-0.4, -0.2) is 71.9 Å². The number of carbonyl (C=O) groups is 3. The molecule has 2 amide bonds. The number of anilines is 1. The smallest absolute Gasteiger partial charge is 0.408 e. The number of nitrogens with zero attached hydrogens (tertiary/aromatic N) is 1. The van der Waals surface area contributed by atoms with Gasteiger partial charge >= 0.3 is 12.1 Å². The molecule has 38 heavy (non-hydrogen) atoms. The third-order valence-corrected chi connectivity index (χ3v) is 8.23. The average molecular weight is 555 g/mol. The fourth-order valence-electron chi connectivity index (χ4n) is 4.53. The van der Waals surface area contributed by atoms with Crippen LogP contribution in [0.25, 0.3) is 0 Å². The second kappa shape index (κ2) is 11.6. The van der Waals surface area contributed by atoms with Gasteiger partial charge in [0.15, 0.2) is 9.84 Å². The summed E-state index contributed by atoms with van der Waals surface area (Å²) in [5.41, 5.74) is -1.61. The van der Waals surface area contributed by atoms with Crippen LogP contribution >= 0.6 is 0 Å². The summed E-state index contributed by atoms with van der Waals surface area (Å²) >= 11 is 0. The Hall–Kier alpha value is -2.66. The van der Waals surface area contributed by atoms with Gasteiger partial charge in [-0.25, -0.2) is 18.0 Å². The largest absolute Gasteiger partial charge is 0.480 e. The summed E-state index contributed by atoms with van der Waals surface area (Å²) in [5, 5.41) is 22.0. The molecule has 0 spiro atoms. The van der Waals surface area contributed by atoms with E-state index in [1.807, 2.05) is 38.1 Å². The average Bonchev–Trinajstić information content (AvgIpc) is 2.74. The summed E-state index contributed by atoms with van der Waals surface area (Å²) in [6.07, 6.45) is 0.0312. The highest BCUT2D eigenvalue weighted by Gasteiger charge is 2.39. The highest BCUT2D eigenvalue weighted by atomic mass is 32.2. The number of aliphatic hydroxyl groups is 1. The predicted molar refractivity (Wildman–Crippen MR) is 145 cm³/mol. The number of carboxylic acid groups (broad SMARTS) is 1. The molecule has 3 N–H and O–H groups in total. The lowest BCUT2D eigenvalue weighted by atomic mass is 9.81. The number of hydrogen-bond donors (Lipinski definition) is 3. The van der Waals surface area contributed by atoms with Gasteiger partial charge in [-0.15, -0.1) is 0 Å². The number of alkyl carbamates (subject to hydrolysis) is 1. The summed E-state index contributed by atoms with van der Waals surface area (Å²) in [6, 6.07) is 7.28. The van der Waals surface area contributed by atoms with Gasteiger partial charge in [0, 0.05) is 31.3 Å². The number of amides is 2. The summed E-state index contributed by atoms with van der Waals surface area (Å²) in [5.74, 6) is -1.52. The normalized spacial score (nSPS) is 18.6. The topological polar surface area (TPSA) is 150 Å². The number of hydrogen-bond acceptors (Lipinski definition) is 7. The predicted octanol–water partition coefficient (Wildman–Crippen LogP) is 3.30. The summed E-state index contributed by atoms with van der Waals surface area (Å²) in [7, 11) is -3.36. The molecule has 0 saturated carbocycles. The first kappa shape index (κ1) is 31.6. The van der Waals surface area contributed by atoms with Crippen molar-refractivity contribution in [2.75, 3.05) is 17.7 Å². The maximum atomic E-state index is 13.4. The summed E-state index contributed by atoms with van der Waals surface area (Å²) in [6.45, 7) is 10.1. The Balaban J connectivity index is 2.05. The molecule has 1 heterocycles. The fourth-order valence-corrected chi connectivity index (χ4v) is 5.43. The van der Waals surface area contributed by atoms with Crippen LogP contribution in [0, 0.1) is 5.41 Å². The molecule has 214 valence electrons. The standard InChI is InChI=1S/C27H42N2O8S/c1-25(2,3)37-24(34)28-27(6,23(32)33)15-19(30)12-13-26(4,5)16-22(31)29-17-20(38(7,35)36)14-18-10-8-9-11-21(18)29/h8-11,19-20,30H,12-17H2,1-7H3,(H,28,34)(H,32,33)/t19-,20-,27+/m0/s1. The molecule has 11 heteroatoms. The molecule has 2 rings (SSSR count). The van der Waals surface area contributed by atoms with Crippen molar-refractivity contribution >= 4 is 33.5 Å². The monoisotopic (exact) mass is 554 g/mol. The Bertz CT molecular complexity index is 1140. The second-order valence-electron chi connectivity index (χ2n) is 12.3. The Morgan fingerprint density at radius 1 is 1.13 bits per heavy atom. The number of rotatable bonds is 10. The van der Waals surface area contributed by atoms with Crippen molar-refractivity contribution in [3.8, 4) is 0 Å². The molecule has 10 nitrogen and oxygen atoms in total. The molecule has 0 unspecified atom stereocenters. The number of nitrogens with one attached hydrogen (secondary N) is 1. The maximum absolute atomic E-state index is 13.4. The van der Waals surface area contributed by atoms with Gasteiger partial charge in [0.2, 0.25) is 5.91 Å². The number of aliphatic carboxylic acids is 1. The van der Waals surface area contributed by atoms with E-state index in [2.05, 4.69) is 5.32 Å². The Morgan fingerprint density at radius 3 is 2.29 bits per heavy atom. The lowest BCUT2D eigenvalue weighted by molar-refractivity contribution is -0.145. The number of carbonyl (C=O) groups excluding carboxylic acids is 2. The number of aliphatic hydroxyl groups excluding tert-OH is 1. The van der Waals surface area contributed by atoms with Crippen molar-refractivity contribution < 1.29 is 37.8 Å². The molecular formula is C27H42N2O8S. The van der Waals surface area contributed by atoms with Crippen molar-refractivity contribution in [2.24, 2.45) is 5.41 Å². The highest BCUT2D eigenvalue weighted by molar-refractivity contribution is 7.91. The third kappa shape index (κ3) is 8.97. The van der Waals surface area contributed by atoms with Crippen LogP contribution in [-0.2, 0) is 30.6 Å². The molecule has 1 aromatic rings. The maximum Gasteiger partial charge on any atom is 0.408 e. The van der Waals surface area contributed by atoms with E-state index < -0.39 is 49.8 Å². The van der Waals surface area contributed by atoms with Gasteiger partial charge in [-0.3, -0.25) is 4.79 Å². The molecule has 1 aromatic carbocycles. The Labute approximate surface area is 225 Å². The zero-order valence-corrected chi connectivity index (χ0v) is 24.2. The van der Waals surface area contributed by atoms with E-state index >= 15 is 0 Å². The fraction of sp³-hybridized carbons (Fsp3) is 0.667. The number of ether oxygens (including phenoxy) is 1. The van der Waals surface area contributed by atoms with E-state index in [4.69, 9.17) is 4.74 Å². The molecular weight excluding hydrogens is 512 g/mol. The first-order chi connectivity index (χ1) is 17.2. The number of carboxylic acids is 1. The molecule has 0 fully saturated rings. The van der Waals surface area contributed by atoms with E-state index in [0.717, 1.165) is 5.56 Å². The SMILES string of the molecule is CC(C)(CC[C@H](O)C[C@@](C)(NC(=O)OC(C)(C)C)C(=O)O)CC(=O)N1C[C@@H](S(C)(=O)=O)Cc2ccccc21. The first-order valence-electron chi connectivity index (χ1n) is 12.7. The van der Waals surface area contributed by atoms with Crippen LogP contribution < -0.4 is 10.2 Å². The van der Waals surface area contributed by atoms with Crippen LogP contribution in [0.5, 0.6) is 0 Å². The first-order valence-corrected chi connectivity index (χ1v) is 14.7. The van der Waals surface area contributed by atoms with E-state index in [1.165, 1.54) is 18.1 Å². The van der Waals surface area contributed by atoms with Gasteiger partial charge in [-0.05, 0) is 64.0 Å². The Morgan fingerprint density at radius 2 is 1.74 bits per heavy atom. The van der Waals surface area contributed by atoms with Gasteiger partial charge in [0.1, 0.15) is 11.1 Å². The molecule has 1 aliphatic rings. The second-order valence-corrected chi connectivity index (χ2v) is 14.6. The molecule has 3 atom stereocenters. The lowest BCUT2D eigenvalue weighted by Crippen LogP contribution is -2.55. The lowest BCUT2D eigenvalue weighted by Gasteiger charge is -2.36. The minimum absolute atomic E-state index is 0.0840. The zero-order chi connectivity index (χ0) is 29.1. The quantitative estimate of drug-likeness (QED) is 0.399. The van der Waals surface area contributed by atoms with Crippen LogP contribution in [0.1, 0.15) is 72.8 Å². The van der Waals surface area contributed by atoms with Crippen LogP contribution in [0.3, 0.4) is 0 Å².